The molecule has 1 amide bonds. The third kappa shape index (κ3) is 7.22. The first-order valence-electron chi connectivity index (χ1n) is 11.7. The van der Waals surface area contributed by atoms with E-state index >= 15 is 0 Å². The number of amides is 1. The number of carbonyl (C=O) groups is 2. The van der Waals surface area contributed by atoms with Crippen molar-refractivity contribution in [3.05, 3.63) is 42.1 Å². The normalized spacial score (nSPS) is 16.7. The Morgan fingerprint density at radius 1 is 1.26 bits per heavy atom. The zero-order chi connectivity index (χ0) is 25.6. The number of carbonyl (C=O) groups excluding carboxylic acids is 1. The van der Waals surface area contributed by atoms with Crippen molar-refractivity contribution in [3.8, 4) is 5.82 Å². The van der Waals surface area contributed by atoms with Crippen LogP contribution in [-0.4, -0.2) is 75.3 Å². The monoisotopic (exact) mass is 491 g/mol. The van der Waals surface area contributed by atoms with E-state index in [9.17, 15) is 19.1 Å². The summed E-state index contributed by atoms with van der Waals surface area (Å²) in [7, 11) is 0. The second kappa shape index (κ2) is 11.1. The van der Waals surface area contributed by atoms with Crippen LogP contribution >= 0.6 is 0 Å². The quantitative estimate of drug-likeness (QED) is 0.406. The number of halogens is 1. The first-order valence-corrected chi connectivity index (χ1v) is 11.7. The summed E-state index contributed by atoms with van der Waals surface area (Å²) in [6.45, 7) is 9.28. The molecule has 1 unspecified atom stereocenters. The van der Waals surface area contributed by atoms with Crippen LogP contribution < -0.4 is 5.32 Å². The van der Waals surface area contributed by atoms with Gasteiger partial charge < -0.3 is 24.8 Å². The zero-order valence-corrected chi connectivity index (χ0v) is 20.7. The Labute approximate surface area is 204 Å². The average Bonchev–Trinajstić information content (AvgIpc) is 3.26. The molecule has 2 aromatic rings. The number of hydrogen-bond acceptors (Lipinski definition) is 7. The third-order valence-corrected chi connectivity index (χ3v) is 5.84. The molecular formula is C24H34FN5O5. The molecule has 2 N–H and O–H groups in total. The number of hydrogen-bond donors (Lipinski definition) is 2. The molecule has 1 aliphatic heterocycles. The molecule has 192 valence electrons. The molecule has 3 heterocycles. The third-order valence-electron chi connectivity index (χ3n) is 5.84. The topological polar surface area (TPSA) is 119 Å². The minimum Gasteiger partial charge on any atom is -0.465 e. The van der Waals surface area contributed by atoms with E-state index in [2.05, 4.69) is 15.4 Å². The Kier molecular flexibility index (Phi) is 8.44. The molecule has 0 aliphatic carbocycles. The lowest BCUT2D eigenvalue weighted by atomic mass is 9.91. The van der Waals surface area contributed by atoms with Gasteiger partial charge in [-0.05, 0) is 24.0 Å². The Balaban J connectivity index is 1.54. The Bertz CT molecular complexity index is 996. The molecule has 1 saturated heterocycles. The van der Waals surface area contributed by atoms with Crippen LogP contribution in [0.5, 0.6) is 0 Å². The number of nitrogens with zero attached hydrogens (tertiary/aromatic N) is 4. The molecule has 0 bridgehead atoms. The molecule has 0 spiro atoms. The summed E-state index contributed by atoms with van der Waals surface area (Å²) in [4.78, 5) is 29.9. The van der Waals surface area contributed by atoms with Crippen molar-refractivity contribution in [1.29, 1.82) is 0 Å². The fraction of sp³-hybridized carbons (Fsp3) is 0.583. The van der Waals surface area contributed by atoms with E-state index in [1.807, 2.05) is 33.8 Å². The molecule has 0 saturated carbocycles. The largest absolute Gasteiger partial charge is 0.465 e. The van der Waals surface area contributed by atoms with Crippen LogP contribution in [0.25, 0.3) is 5.82 Å². The summed E-state index contributed by atoms with van der Waals surface area (Å²) in [5.41, 5.74) is -0.426. The van der Waals surface area contributed by atoms with Crippen molar-refractivity contribution in [1.82, 2.24) is 25.0 Å². The standard InChI is InChI=1S/C24H34FN5O5/c1-17(18-5-6-20(27-13-18)30-15-19(25)14-28-30)26-9-12-35-24(21(31)34-16-23(2,3)4)7-10-29(11-8-24)22(32)33/h5-6,13-15,17,26H,7-12,16H2,1-4H3,(H,32,33). The number of likely N-dealkylation sites (tertiary alicyclic amines) is 1. The van der Waals surface area contributed by atoms with Gasteiger partial charge in [-0.3, -0.25) is 0 Å². The van der Waals surface area contributed by atoms with E-state index in [0.29, 0.717) is 12.4 Å². The van der Waals surface area contributed by atoms with Gasteiger partial charge in [0.05, 0.1) is 25.6 Å². The summed E-state index contributed by atoms with van der Waals surface area (Å²) in [6.07, 6.45) is 3.56. The second-order valence-corrected chi connectivity index (χ2v) is 9.98. The van der Waals surface area contributed by atoms with Crippen LogP contribution in [0.3, 0.4) is 0 Å². The van der Waals surface area contributed by atoms with Crippen molar-refractivity contribution in [2.75, 3.05) is 32.8 Å². The minimum absolute atomic E-state index is 0.0489. The highest BCUT2D eigenvalue weighted by atomic mass is 19.1. The first kappa shape index (κ1) is 26.6. The van der Waals surface area contributed by atoms with Gasteiger partial charge in [-0.25, -0.2) is 23.6 Å². The molecule has 1 atom stereocenters. The minimum atomic E-state index is -1.16. The van der Waals surface area contributed by atoms with Crippen molar-refractivity contribution in [2.24, 2.45) is 5.41 Å². The van der Waals surface area contributed by atoms with Crippen LogP contribution in [0.4, 0.5) is 9.18 Å². The van der Waals surface area contributed by atoms with Gasteiger partial charge in [0.25, 0.3) is 0 Å². The van der Waals surface area contributed by atoms with Crippen molar-refractivity contribution >= 4 is 12.1 Å². The van der Waals surface area contributed by atoms with Gasteiger partial charge in [0, 0.05) is 44.7 Å². The SMILES string of the molecule is CC(NCCOC1(C(=O)OCC(C)(C)C)CCN(C(=O)O)CC1)c1ccc(-n2cc(F)cn2)nc1. The molecule has 0 aromatic carbocycles. The van der Waals surface area contributed by atoms with Crippen LogP contribution in [-0.2, 0) is 14.3 Å². The average molecular weight is 492 g/mol. The predicted molar refractivity (Wildman–Crippen MR) is 126 cm³/mol. The van der Waals surface area contributed by atoms with Gasteiger partial charge in [-0.1, -0.05) is 26.8 Å². The number of aromatic nitrogens is 3. The molecule has 0 radical (unpaired) electrons. The second-order valence-electron chi connectivity index (χ2n) is 9.98. The van der Waals surface area contributed by atoms with Gasteiger partial charge in [-0.2, -0.15) is 5.10 Å². The van der Waals surface area contributed by atoms with E-state index in [1.165, 1.54) is 15.8 Å². The zero-order valence-electron chi connectivity index (χ0n) is 20.7. The lowest BCUT2D eigenvalue weighted by molar-refractivity contribution is -0.181. The maximum absolute atomic E-state index is 13.2. The van der Waals surface area contributed by atoms with Gasteiger partial charge in [0.1, 0.15) is 0 Å². The van der Waals surface area contributed by atoms with Gasteiger partial charge >= 0.3 is 12.1 Å². The number of pyridine rings is 1. The van der Waals surface area contributed by atoms with Gasteiger partial charge in [0.2, 0.25) is 0 Å². The smallest absolute Gasteiger partial charge is 0.407 e. The van der Waals surface area contributed by atoms with Crippen LogP contribution in [0, 0.1) is 11.2 Å². The Hall–Kier alpha value is -3.05. The molecule has 35 heavy (non-hydrogen) atoms. The van der Waals surface area contributed by atoms with E-state index in [-0.39, 0.29) is 50.6 Å². The summed E-state index contributed by atoms with van der Waals surface area (Å²) in [6, 6.07) is 3.59. The molecule has 10 nitrogen and oxygen atoms in total. The van der Waals surface area contributed by atoms with E-state index in [1.54, 1.807) is 12.3 Å². The number of ether oxygens (including phenoxy) is 2. The van der Waals surface area contributed by atoms with E-state index < -0.39 is 23.5 Å². The highest BCUT2D eigenvalue weighted by Crippen LogP contribution is 2.29. The molecule has 1 aliphatic rings. The highest BCUT2D eigenvalue weighted by Gasteiger charge is 2.45. The van der Waals surface area contributed by atoms with Crippen molar-refractivity contribution in [3.63, 3.8) is 0 Å². The maximum Gasteiger partial charge on any atom is 0.407 e. The lowest BCUT2D eigenvalue weighted by Crippen LogP contribution is -2.53. The first-order chi connectivity index (χ1) is 16.5. The number of rotatable bonds is 9. The van der Waals surface area contributed by atoms with Crippen LogP contribution in [0.1, 0.15) is 52.1 Å². The van der Waals surface area contributed by atoms with Gasteiger partial charge in [-0.15, -0.1) is 0 Å². The summed E-state index contributed by atoms with van der Waals surface area (Å²) >= 11 is 0. The Morgan fingerprint density at radius 2 is 1.97 bits per heavy atom. The van der Waals surface area contributed by atoms with Crippen LogP contribution in [0.15, 0.2) is 30.7 Å². The number of piperidine rings is 1. The highest BCUT2D eigenvalue weighted by molar-refractivity contribution is 5.80. The number of carboxylic acid groups (broad SMARTS) is 1. The fourth-order valence-corrected chi connectivity index (χ4v) is 3.74. The lowest BCUT2D eigenvalue weighted by Gasteiger charge is -2.39. The molecule has 11 heteroatoms. The van der Waals surface area contributed by atoms with Crippen molar-refractivity contribution in [2.45, 2.75) is 52.2 Å². The Morgan fingerprint density at radius 3 is 2.51 bits per heavy atom. The molecule has 3 rings (SSSR count). The molecular weight excluding hydrogens is 457 g/mol. The summed E-state index contributed by atoms with van der Waals surface area (Å²) < 4.78 is 26.1. The summed E-state index contributed by atoms with van der Waals surface area (Å²) in [5.74, 6) is -0.364. The molecule has 1 fully saturated rings. The maximum atomic E-state index is 13.2. The van der Waals surface area contributed by atoms with Crippen LogP contribution in [0.2, 0.25) is 0 Å². The van der Waals surface area contributed by atoms with Gasteiger partial charge in [0.15, 0.2) is 17.2 Å². The summed E-state index contributed by atoms with van der Waals surface area (Å²) in [5, 5.41) is 16.5. The number of esters is 1. The number of nitrogens with one attached hydrogen (secondary N) is 1. The van der Waals surface area contributed by atoms with E-state index in [0.717, 1.165) is 11.8 Å². The predicted octanol–water partition coefficient (Wildman–Crippen LogP) is 3.18. The molecule has 2 aromatic heterocycles. The fourth-order valence-electron chi connectivity index (χ4n) is 3.74. The van der Waals surface area contributed by atoms with Crippen molar-refractivity contribution < 1.29 is 28.6 Å². The van der Waals surface area contributed by atoms with E-state index in [4.69, 9.17) is 9.47 Å².